The zero-order valence-corrected chi connectivity index (χ0v) is 16.3. The van der Waals surface area contributed by atoms with E-state index in [2.05, 4.69) is 33.0 Å². The van der Waals surface area contributed by atoms with E-state index in [-0.39, 0.29) is 5.92 Å². The van der Waals surface area contributed by atoms with Crippen LogP contribution in [0.1, 0.15) is 42.5 Å². The summed E-state index contributed by atoms with van der Waals surface area (Å²) in [5.41, 5.74) is 1.95. The molecule has 1 amide bonds. The van der Waals surface area contributed by atoms with E-state index in [1.54, 1.807) is 12.1 Å². The number of rotatable bonds is 2. The van der Waals surface area contributed by atoms with Gasteiger partial charge in [0.25, 0.3) is 0 Å². The fourth-order valence-electron chi connectivity index (χ4n) is 3.95. The molecule has 0 spiro atoms. The third-order valence-corrected chi connectivity index (χ3v) is 5.60. The van der Waals surface area contributed by atoms with Gasteiger partial charge in [-0.2, -0.15) is 5.26 Å². The van der Waals surface area contributed by atoms with Crippen LogP contribution in [-0.2, 0) is 4.79 Å². The Bertz CT molecular complexity index is 969. The number of amides is 1. The molecule has 2 aliphatic rings. The zero-order valence-electron chi connectivity index (χ0n) is 16.3. The van der Waals surface area contributed by atoms with Gasteiger partial charge in [-0.3, -0.25) is 4.79 Å². The highest BCUT2D eigenvalue weighted by molar-refractivity contribution is 5.79. The fraction of sp³-hybridized carbons (Fsp3) is 0.391. The maximum absolute atomic E-state index is 12.6. The number of hydrogen-bond donors (Lipinski definition) is 0. The van der Waals surface area contributed by atoms with Gasteiger partial charge >= 0.3 is 0 Å². The quantitative estimate of drug-likeness (QED) is 0.743. The van der Waals surface area contributed by atoms with Crippen LogP contribution < -0.4 is 4.90 Å². The average molecular weight is 385 g/mol. The standard InChI is InChI=1S/C23H23N5O/c24-17-19-5-3-4-18(16-19)8-9-21-10-11-22(26-25-21)27-12-14-28(15-13-27)23(29)20-6-1-2-7-20/h3-5,10-11,16,20H,1-2,6-7,12-15H2. The minimum absolute atomic E-state index is 0.244. The molecular formula is C23H23N5O. The van der Waals surface area contributed by atoms with Crippen LogP contribution in [0.5, 0.6) is 0 Å². The molecule has 6 nitrogen and oxygen atoms in total. The molecule has 2 heterocycles. The number of aromatic nitrogens is 2. The summed E-state index contributed by atoms with van der Waals surface area (Å²) in [6.07, 6.45) is 4.47. The smallest absolute Gasteiger partial charge is 0.225 e. The first kappa shape index (κ1) is 19.0. The lowest BCUT2D eigenvalue weighted by Gasteiger charge is -2.36. The van der Waals surface area contributed by atoms with E-state index in [0.717, 1.165) is 50.4 Å². The van der Waals surface area contributed by atoms with Gasteiger partial charge in [-0.05, 0) is 49.1 Å². The second kappa shape index (κ2) is 8.75. The number of piperazine rings is 1. The predicted octanol–water partition coefficient (Wildman–Crippen LogP) is 2.59. The number of hydrogen-bond acceptors (Lipinski definition) is 5. The molecule has 1 saturated carbocycles. The van der Waals surface area contributed by atoms with Crippen LogP contribution >= 0.6 is 0 Å². The van der Waals surface area contributed by atoms with Gasteiger partial charge in [0, 0.05) is 37.7 Å². The fourth-order valence-corrected chi connectivity index (χ4v) is 3.95. The highest BCUT2D eigenvalue weighted by Gasteiger charge is 2.29. The van der Waals surface area contributed by atoms with Crippen molar-refractivity contribution in [1.82, 2.24) is 15.1 Å². The maximum Gasteiger partial charge on any atom is 0.225 e. The Hall–Kier alpha value is -3.38. The maximum atomic E-state index is 12.6. The van der Waals surface area contributed by atoms with E-state index in [9.17, 15) is 4.79 Å². The summed E-state index contributed by atoms with van der Waals surface area (Å²) in [5.74, 6) is 7.40. The average Bonchev–Trinajstić information content (AvgIpc) is 3.33. The van der Waals surface area contributed by atoms with Crippen molar-refractivity contribution in [3.8, 4) is 17.9 Å². The normalized spacial score (nSPS) is 16.8. The molecule has 4 rings (SSSR count). The molecule has 1 aromatic carbocycles. The van der Waals surface area contributed by atoms with Crippen LogP contribution in [0.3, 0.4) is 0 Å². The zero-order chi connectivity index (χ0) is 20.1. The number of carbonyl (C=O) groups is 1. The number of benzene rings is 1. The molecule has 1 aliphatic carbocycles. The van der Waals surface area contributed by atoms with E-state index in [4.69, 9.17) is 5.26 Å². The summed E-state index contributed by atoms with van der Waals surface area (Å²) < 4.78 is 0. The first-order valence-corrected chi connectivity index (χ1v) is 10.1. The van der Waals surface area contributed by atoms with E-state index < -0.39 is 0 Å². The van der Waals surface area contributed by atoms with Crippen molar-refractivity contribution in [2.45, 2.75) is 25.7 Å². The second-order valence-corrected chi connectivity index (χ2v) is 7.51. The van der Waals surface area contributed by atoms with Gasteiger partial charge in [0.1, 0.15) is 5.69 Å². The van der Waals surface area contributed by atoms with Crippen LogP contribution in [0.2, 0.25) is 0 Å². The van der Waals surface area contributed by atoms with Crippen LogP contribution in [-0.4, -0.2) is 47.2 Å². The molecule has 0 radical (unpaired) electrons. The van der Waals surface area contributed by atoms with Crippen LogP contribution in [0.4, 0.5) is 5.82 Å². The highest BCUT2D eigenvalue weighted by atomic mass is 16.2. The molecule has 1 saturated heterocycles. The van der Waals surface area contributed by atoms with Gasteiger partial charge in [-0.25, -0.2) is 0 Å². The van der Waals surface area contributed by atoms with Crippen molar-refractivity contribution < 1.29 is 4.79 Å². The van der Waals surface area contributed by atoms with E-state index in [1.165, 1.54) is 12.8 Å². The highest BCUT2D eigenvalue weighted by Crippen LogP contribution is 2.27. The molecule has 0 N–H and O–H groups in total. The van der Waals surface area contributed by atoms with E-state index >= 15 is 0 Å². The van der Waals surface area contributed by atoms with Gasteiger partial charge < -0.3 is 9.80 Å². The Morgan fingerprint density at radius 1 is 0.966 bits per heavy atom. The molecule has 0 atom stereocenters. The lowest BCUT2D eigenvalue weighted by molar-refractivity contribution is -0.135. The third-order valence-electron chi connectivity index (χ3n) is 5.60. The molecule has 1 aromatic heterocycles. The van der Waals surface area contributed by atoms with E-state index in [1.807, 2.05) is 29.2 Å². The molecule has 0 bridgehead atoms. The molecule has 2 aromatic rings. The topological polar surface area (TPSA) is 73.1 Å². The van der Waals surface area contributed by atoms with Crippen LogP contribution in [0.25, 0.3) is 0 Å². The van der Waals surface area contributed by atoms with Crippen molar-refractivity contribution in [1.29, 1.82) is 5.26 Å². The van der Waals surface area contributed by atoms with Crippen molar-refractivity contribution in [2.75, 3.05) is 31.1 Å². The van der Waals surface area contributed by atoms with Crippen LogP contribution in [0, 0.1) is 29.1 Å². The Morgan fingerprint density at radius 2 is 1.72 bits per heavy atom. The summed E-state index contributed by atoms with van der Waals surface area (Å²) in [7, 11) is 0. The molecule has 146 valence electrons. The number of carbonyl (C=O) groups excluding carboxylic acids is 1. The van der Waals surface area contributed by atoms with Crippen molar-refractivity contribution in [3.63, 3.8) is 0 Å². The summed E-state index contributed by atoms with van der Waals surface area (Å²) in [6.45, 7) is 3.04. The monoisotopic (exact) mass is 385 g/mol. The van der Waals surface area contributed by atoms with Gasteiger partial charge in [-0.1, -0.05) is 24.8 Å². The van der Waals surface area contributed by atoms with Gasteiger partial charge in [0.15, 0.2) is 5.82 Å². The molecule has 6 heteroatoms. The van der Waals surface area contributed by atoms with Gasteiger partial charge in [0.2, 0.25) is 5.91 Å². The number of nitrogens with zero attached hydrogens (tertiary/aromatic N) is 5. The number of anilines is 1. The summed E-state index contributed by atoms with van der Waals surface area (Å²) in [4.78, 5) is 16.7. The summed E-state index contributed by atoms with van der Waals surface area (Å²) in [5, 5.41) is 17.5. The first-order chi connectivity index (χ1) is 14.2. The largest absolute Gasteiger partial charge is 0.352 e. The second-order valence-electron chi connectivity index (χ2n) is 7.51. The minimum Gasteiger partial charge on any atom is -0.352 e. The number of nitriles is 1. The SMILES string of the molecule is N#Cc1cccc(C#Cc2ccc(N3CCN(C(=O)C4CCCC4)CC3)nn2)c1. The summed E-state index contributed by atoms with van der Waals surface area (Å²) >= 11 is 0. The Kier molecular flexibility index (Phi) is 5.72. The molecule has 29 heavy (non-hydrogen) atoms. The molecule has 0 unspecified atom stereocenters. The molecule has 2 fully saturated rings. The lowest BCUT2D eigenvalue weighted by atomic mass is 10.1. The Balaban J connectivity index is 1.35. The van der Waals surface area contributed by atoms with Crippen LogP contribution in [0.15, 0.2) is 36.4 Å². The third kappa shape index (κ3) is 4.55. The van der Waals surface area contributed by atoms with Crippen molar-refractivity contribution >= 4 is 11.7 Å². The van der Waals surface area contributed by atoms with Gasteiger partial charge in [0.05, 0.1) is 11.6 Å². The Morgan fingerprint density at radius 3 is 2.41 bits per heavy atom. The molecule has 1 aliphatic heterocycles. The first-order valence-electron chi connectivity index (χ1n) is 10.1. The van der Waals surface area contributed by atoms with Crippen molar-refractivity contribution in [2.24, 2.45) is 5.92 Å². The minimum atomic E-state index is 0.244. The summed E-state index contributed by atoms with van der Waals surface area (Å²) in [6, 6.07) is 13.1. The Labute approximate surface area is 171 Å². The lowest BCUT2D eigenvalue weighted by Crippen LogP contribution is -2.50. The predicted molar refractivity (Wildman–Crippen MR) is 110 cm³/mol. The molecular weight excluding hydrogens is 362 g/mol. The van der Waals surface area contributed by atoms with E-state index in [0.29, 0.717) is 17.2 Å². The van der Waals surface area contributed by atoms with Gasteiger partial charge in [-0.15, -0.1) is 10.2 Å². The van der Waals surface area contributed by atoms with Crippen molar-refractivity contribution in [3.05, 3.63) is 53.2 Å².